The Hall–Kier alpha value is -3.09. The van der Waals surface area contributed by atoms with Gasteiger partial charge in [-0.2, -0.15) is 13.2 Å². The number of halogens is 3. The first kappa shape index (κ1) is 16.8. The first-order valence-corrected chi connectivity index (χ1v) is 7.44. The Balaban J connectivity index is 1.71. The molecule has 0 fully saturated rings. The van der Waals surface area contributed by atoms with Gasteiger partial charge in [0.2, 0.25) is 5.91 Å². The molecule has 0 atom stereocenters. The highest BCUT2D eigenvalue weighted by Gasteiger charge is 2.32. The maximum absolute atomic E-state index is 12.6. The van der Waals surface area contributed by atoms with Crippen LogP contribution in [0, 0.1) is 6.92 Å². The number of hydrogen-bond donors (Lipinski definition) is 2. The number of aryl methyl sites for hydroxylation is 1. The van der Waals surface area contributed by atoms with E-state index in [1.54, 1.807) is 18.3 Å². The molecule has 0 aliphatic carbocycles. The minimum atomic E-state index is -4.49. The third-order valence-corrected chi connectivity index (χ3v) is 3.65. The molecule has 0 saturated heterocycles. The Morgan fingerprint density at radius 2 is 2.00 bits per heavy atom. The number of carbonyl (C=O) groups is 1. The van der Waals surface area contributed by atoms with Crippen LogP contribution >= 0.6 is 0 Å². The Kier molecular flexibility index (Phi) is 4.31. The Morgan fingerprint density at radius 3 is 2.72 bits per heavy atom. The van der Waals surface area contributed by atoms with Gasteiger partial charge in [-0.3, -0.25) is 4.79 Å². The van der Waals surface area contributed by atoms with Gasteiger partial charge in [0.15, 0.2) is 0 Å². The summed E-state index contributed by atoms with van der Waals surface area (Å²) in [5.74, 6) is -0.384. The van der Waals surface area contributed by atoms with Gasteiger partial charge in [-0.15, -0.1) is 0 Å². The number of pyridine rings is 1. The van der Waals surface area contributed by atoms with Gasteiger partial charge in [0.1, 0.15) is 5.69 Å². The first-order chi connectivity index (χ1) is 11.8. The van der Waals surface area contributed by atoms with E-state index in [0.29, 0.717) is 11.3 Å². The third kappa shape index (κ3) is 3.88. The number of H-pyrrole nitrogens is 1. The van der Waals surface area contributed by atoms with Crippen molar-refractivity contribution in [2.24, 2.45) is 0 Å². The number of aromatic amines is 1. The van der Waals surface area contributed by atoms with Gasteiger partial charge in [0, 0.05) is 29.2 Å². The molecule has 3 rings (SSSR count). The fraction of sp³-hybridized carbons (Fsp3) is 0.111. The fourth-order valence-electron chi connectivity index (χ4n) is 2.38. The van der Waals surface area contributed by atoms with Crippen molar-refractivity contribution in [3.05, 3.63) is 65.6 Å². The summed E-state index contributed by atoms with van der Waals surface area (Å²) < 4.78 is 37.8. The second-order valence-electron chi connectivity index (χ2n) is 5.47. The summed E-state index contributed by atoms with van der Waals surface area (Å²) in [5, 5.41) is 3.73. The van der Waals surface area contributed by atoms with Crippen LogP contribution in [0.5, 0.6) is 0 Å². The zero-order valence-corrected chi connectivity index (χ0v) is 13.2. The predicted molar refractivity (Wildman–Crippen MR) is 89.9 cm³/mol. The Labute approximate surface area is 141 Å². The molecule has 4 nitrogen and oxygen atoms in total. The molecule has 128 valence electrons. The van der Waals surface area contributed by atoms with E-state index in [1.165, 1.54) is 25.1 Å². The molecule has 0 aliphatic heterocycles. The number of alkyl halides is 3. The molecule has 0 bridgehead atoms. The van der Waals surface area contributed by atoms with Crippen molar-refractivity contribution in [3.8, 4) is 0 Å². The number of carbonyl (C=O) groups excluding carboxylic acids is 1. The number of amides is 1. The van der Waals surface area contributed by atoms with Crippen LogP contribution < -0.4 is 5.32 Å². The predicted octanol–water partition coefficient (Wildman–Crippen LogP) is 4.54. The molecule has 2 heterocycles. The highest BCUT2D eigenvalue weighted by Crippen LogP contribution is 2.28. The summed E-state index contributed by atoms with van der Waals surface area (Å²) in [5.41, 5.74) is 1.21. The summed E-state index contributed by atoms with van der Waals surface area (Å²) in [6.45, 7) is 1.46. The van der Waals surface area contributed by atoms with E-state index in [-0.39, 0.29) is 11.6 Å². The number of nitrogens with zero attached hydrogens (tertiary/aromatic N) is 1. The van der Waals surface area contributed by atoms with Crippen molar-refractivity contribution in [1.29, 1.82) is 0 Å². The van der Waals surface area contributed by atoms with E-state index >= 15 is 0 Å². The van der Waals surface area contributed by atoms with Crippen molar-refractivity contribution in [2.45, 2.75) is 13.1 Å². The minimum absolute atomic E-state index is 0.201. The number of fused-ring (bicyclic) bond motifs is 1. The molecule has 7 heteroatoms. The normalized spacial score (nSPS) is 12.0. The first-order valence-electron chi connectivity index (χ1n) is 7.44. The lowest BCUT2D eigenvalue weighted by molar-refractivity contribution is -0.141. The van der Waals surface area contributed by atoms with Crippen molar-refractivity contribution < 1.29 is 18.0 Å². The number of benzene rings is 1. The van der Waals surface area contributed by atoms with Gasteiger partial charge >= 0.3 is 6.18 Å². The van der Waals surface area contributed by atoms with E-state index < -0.39 is 11.9 Å². The second-order valence-corrected chi connectivity index (χ2v) is 5.47. The van der Waals surface area contributed by atoms with E-state index in [9.17, 15) is 18.0 Å². The lowest BCUT2D eigenvalue weighted by Crippen LogP contribution is -2.09. The van der Waals surface area contributed by atoms with Crippen LogP contribution in [0.1, 0.15) is 17.0 Å². The molecule has 1 amide bonds. The molecular formula is C18H14F3N3O. The van der Waals surface area contributed by atoms with Gasteiger partial charge < -0.3 is 10.3 Å². The van der Waals surface area contributed by atoms with Crippen molar-refractivity contribution in [1.82, 2.24) is 9.97 Å². The van der Waals surface area contributed by atoms with E-state index in [0.717, 1.165) is 17.0 Å². The molecule has 2 N–H and O–H groups in total. The van der Waals surface area contributed by atoms with Crippen LogP contribution in [-0.2, 0) is 11.0 Å². The van der Waals surface area contributed by atoms with Gasteiger partial charge in [0.05, 0.1) is 0 Å². The molecule has 0 spiro atoms. The quantitative estimate of drug-likeness (QED) is 0.685. The molecule has 25 heavy (non-hydrogen) atoms. The number of hydrogen-bond acceptors (Lipinski definition) is 2. The molecule has 0 saturated carbocycles. The summed E-state index contributed by atoms with van der Waals surface area (Å²) in [7, 11) is 0. The summed E-state index contributed by atoms with van der Waals surface area (Å²) in [4.78, 5) is 18.6. The van der Waals surface area contributed by atoms with Crippen LogP contribution in [0.3, 0.4) is 0 Å². The van der Waals surface area contributed by atoms with Gasteiger partial charge in [-0.25, -0.2) is 4.98 Å². The highest BCUT2D eigenvalue weighted by molar-refractivity contribution is 6.02. The van der Waals surface area contributed by atoms with Crippen LogP contribution in [0.4, 0.5) is 18.9 Å². The summed E-state index contributed by atoms with van der Waals surface area (Å²) >= 11 is 0. The zero-order valence-electron chi connectivity index (χ0n) is 13.2. The van der Waals surface area contributed by atoms with E-state index in [1.807, 2.05) is 12.1 Å². The number of anilines is 1. The lowest BCUT2D eigenvalue weighted by Gasteiger charge is -2.08. The molecule has 0 radical (unpaired) electrons. The maximum atomic E-state index is 12.6. The molecule has 3 aromatic rings. The SMILES string of the molecule is Cc1nc(C(F)(F)F)ccc1C=CC(=O)Nc1ccc2cc[nH]c2c1. The van der Waals surface area contributed by atoms with Crippen LogP contribution in [0.15, 0.2) is 48.7 Å². The zero-order chi connectivity index (χ0) is 18.0. The monoisotopic (exact) mass is 345 g/mol. The molecule has 0 unspecified atom stereocenters. The third-order valence-electron chi connectivity index (χ3n) is 3.65. The number of aromatic nitrogens is 2. The Bertz CT molecular complexity index is 958. The summed E-state index contributed by atoms with van der Waals surface area (Å²) in [6, 6.07) is 9.54. The van der Waals surface area contributed by atoms with Crippen LogP contribution in [0.2, 0.25) is 0 Å². The highest BCUT2D eigenvalue weighted by atomic mass is 19.4. The topological polar surface area (TPSA) is 57.8 Å². The maximum Gasteiger partial charge on any atom is 0.433 e. The lowest BCUT2D eigenvalue weighted by atomic mass is 10.1. The number of nitrogens with one attached hydrogen (secondary N) is 2. The smallest absolute Gasteiger partial charge is 0.361 e. The van der Waals surface area contributed by atoms with E-state index in [4.69, 9.17) is 0 Å². The van der Waals surface area contributed by atoms with Gasteiger partial charge in [-0.05, 0) is 48.2 Å². The van der Waals surface area contributed by atoms with Gasteiger partial charge in [0.25, 0.3) is 0 Å². The average Bonchev–Trinajstić information content (AvgIpc) is 3.00. The molecule has 0 aliphatic rings. The van der Waals surface area contributed by atoms with Crippen molar-refractivity contribution in [3.63, 3.8) is 0 Å². The average molecular weight is 345 g/mol. The van der Waals surface area contributed by atoms with Crippen molar-refractivity contribution >= 4 is 28.6 Å². The Morgan fingerprint density at radius 1 is 1.20 bits per heavy atom. The molecule has 1 aromatic carbocycles. The van der Waals surface area contributed by atoms with Crippen LogP contribution in [0.25, 0.3) is 17.0 Å². The van der Waals surface area contributed by atoms with E-state index in [2.05, 4.69) is 15.3 Å². The number of rotatable bonds is 3. The van der Waals surface area contributed by atoms with Gasteiger partial charge in [-0.1, -0.05) is 12.1 Å². The minimum Gasteiger partial charge on any atom is -0.361 e. The second kappa shape index (κ2) is 6.43. The molecule has 2 aromatic heterocycles. The fourth-order valence-corrected chi connectivity index (χ4v) is 2.38. The molecular weight excluding hydrogens is 331 g/mol. The largest absolute Gasteiger partial charge is 0.433 e. The summed E-state index contributed by atoms with van der Waals surface area (Å²) in [6.07, 6.45) is 0.0125. The van der Waals surface area contributed by atoms with Crippen LogP contribution in [-0.4, -0.2) is 15.9 Å². The standard InChI is InChI=1S/C18H14F3N3O/c1-11-12(3-6-16(23-11)18(19,20)21)4-7-17(25)24-14-5-2-13-8-9-22-15(13)10-14/h2-10,22H,1H3,(H,24,25). The van der Waals surface area contributed by atoms with Crippen molar-refractivity contribution in [2.75, 3.05) is 5.32 Å².